The van der Waals surface area contributed by atoms with E-state index in [4.69, 9.17) is 0 Å². The lowest BCUT2D eigenvalue weighted by Gasteiger charge is -2.36. The molecule has 2 fully saturated rings. The number of aryl methyl sites for hydroxylation is 1. The predicted octanol–water partition coefficient (Wildman–Crippen LogP) is 0.697. The maximum atomic E-state index is 11.6. The van der Waals surface area contributed by atoms with E-state index in [0.29, 0.717) is 19.0 Å². The summed E-state index contributed by atoms with van der Waals surface area (Å²) >= 11 is 1.47. The molecule has 1 aromatic rings. The van der Waals surface area contributed by atoms with Gasteiger partial charge in [-0.1, -0.05) is 6.92 Å². The molecule has 1 unspecified atom stereocenters. The van der Waals surface area contributed by atoms with Crippen LogP contribution in [-0.2, 0) is 16.4 Å². The molecule has 1 aromatic heterocycles. The largest absolute Gasteiger partial charge is 0.356 e. The monoisotopic (exact) mass is 543 g/mol. The first-order valence-electron chi connectivity index (χ1n) is 9.39. The van der Waals surface area contributed by atoms with Crippen molar-refractivity contribution >= 4 is 56.6 Å². The molecule has 1 atom stereocenters. The van der Waals surface area contributed by atoms with Gasteiger partial charge in [-0.3, -0.25) is 4.99 Å². The second-order valence-electron chi connectivity index (χ2n) is 7.02. The summed E-state index contributed by atoms with van der Waals surface area (Å²) < 4.78 is 29.2. The van der Waals surface area contributed by atoms with Gasteiger partial charge in [0.25, 0.3) is 0 Å². The number of hydrogen-bond donors (Lipinski definition) is 1. The Hall–Kier alpha value is -0.730. The van der Waals surface area contributed by atoms with Crippen LogP contribution in [0.3, 0.4) is 0 Å². The van der Waals surface area contributed by atoms with E-state index < -0.39 is 10.0 Å². The second-order valence-corrected chi connectivity index (χ2v) is 9.74. The topological polar surface area (TPSA) is 94.0 Å². The zero-order valence-corrected chi connectivity index (χ0v) is 20.6. The second kappa shape index (κ2) is 10.3. The summed E-state index contributed by atoms with van der Waals surface area (Å²) in [6.45, 7) is 7.56. The molecule has 28 heavy (non-hydrogen) atoms. The summed E-state index contributed by atoms with van der Waals surface area (Å²) in [5.74, 6) is 2.13. The van der Waals surface area contributed by atoms with E-state index >= 15 is 0 Å². The van der Waals surface area contributed by atoms with Gasteiger partial charge in [0.15, 0.2) is 5.96 Å². The van der Waals surface area contributed by atoms with Crippen molar-refractivity contribution in [1.82, 2.24) is 23.9 Å². The fourth-order valence-corrected chi connectivity index (χ4v) is 5.18. The van der Waals surface area contributed by atoms with Crippen LogP contribution in [0.1, 0.15) is 19.2 Å². The molecule has 0 radical (unpaired) electrons. The molecular weight excluding hydrogens is 513 g/mol. The third-order valence-electron chi connectivity index (χ3n) is 5.10. The van der Waals surface area contributed by atoms with E-state index in [9.17, 15) is 8.42 Å². The number of aliphatic imine (C=N–C) groups is 1. The number of anilines is 1. The molecule has 160 valence electrons. The van der Waals surface area contributed by atoms with Gasteiger partial charge in [0.05, 0.1) is 6.26 Å². The Morgan fingerprint density at radius 3 is 2.54 bits per heavy atom. The number of hydrogen-bond acceptors (Lipinski definition) is 7. The van der Waals surface area contributed by atoms with Crippen molar-refractivity contribution < 1.29 is 8.42 Å². The van der Waals surface area contributed by atoms with Gasteiger partial charge >= 0.3 is 0 Å². The molecule has 3 rings (SSSR count). The highest BCUT2D eigenvalue weighted by molar-refractivity contribution is 14.0. The Morgan fingerprint density at radius 1 is 1.29 bits per heavy atom. The number of sulfonamides is 1. The van der Waals surface area contributed by atoms with Crippen molar-refractivity contribution in [2.24, 2.45) is 10.9 Å². The summed E-state index contributed by atoms with van der Waals surface area (Å²) in [6.07, 6.45) is 3.04. The molecule has 2 aliphatic heterocycles. The van der Waals surface area contributed by atoms with Crippen LogP contribution < -0.4 is 10.2 Å². The molecule has 0 aliphatic carbocycles. The predicted molar refractivity (Wildman–Crippen MR) is 124 cm³/mol. The minimum absolute atomic E-state index is 0. The highest BCUT2D eigenvalue weighted by Crippen LogP contribution is 2.20. The van der Waals surface area contributed by atoms with Gasteiger partial charge < -0.3 is 15.1 Å². The van der Waals surface area contributed by atoms with Gasteiger partial charge in [-0.25, -0.2) is 17.7 Å². The fourth-order valence-electron chi connectivity index (χ4n) is 3.46. The standard InChI is InChI=1S/C16H29N7O2S2.HI/c1-4-14-19-16(26-20-14)22-9-7-21(8-10-22)15(17-2)18-11-13-5-6-23(12-13)27(3,24)25;/h13H,4-12H2,1-3H3,(H,17,18);1H. The van der Waals surface area contributed by atoms with Crippen LogP contribution in [0.5, 0.6) is 0 Å². The smallest absolute Gasteiger partial charge is 0.211 e. The SMILES string of the molecule is CCc1nsc(N2CCN(C(=NC)NCC3CCN(S(C)(=O)=O)C3)CC2)n1.I. The molecule has 12 heteroatoms. The number of guanidine groups is 1. The molecule has 1 N–H and O–H groups in total. The molecular formula is C16H30IN7O2S2. The third-order valence-corrected chi connectivity index (χ3v) is 7.19. The summed E-state index contributed by atoms with van der Waals surface area (Å²) in [6, 6.07) is 0. The number of halogens is 1. The van der Waals surface area contributed by atoms with E-state index in [1.807, 2.05) is 0 Å². The zero-order valence-electron chi connectivity index (χ0n) is 16.7. The lowest BCUT2D eigenvalue weighted by atomic mass is 10.1. The lowest BCUT2D eigenvalue weighted by Crippen LogP contribution is -2.53. The third kappa shape index (κ3) is 5.89. The van der Waals surface area contributed by atoms with Gasteiger partial charge in [-0.05, 0) is 12.3 Å². The van der Waals surface area contributed by atoms with E-state index in [1.54, 1.807) is 11.4 Å². The van der Waals surface area contributed by atoms with Crippen LogP contribution in [0.2, 0.25) is 0 Å². The fraction of sp³-hybridized carbons (Fsp3) is 0.812. The molecule has 2 aliphatic rings. The number of nitrogens with one attached hydrogen (secondary N) is 1. The highest BCUT2D eigenvalue weighted by atomic mass is 127. The molecule has 2 saturated heterocycles. The first-order chi connectivity index (χ1) is 12.9. The summed E-state index contributed by atoms with van der Waals surface area (Å²) in [5, 5.41) is 4.43. The first kappa shape index (κ1) is 23.5. The number of nitrogens with zero attached hydrogens (tertiary/aromatic N) is 6. The van der Waals surface area contributed by atoms with Crippen LogP contribution >= 0.6 is 35.5 Å². The Bertz CT molecular complexity index is 763. The molecule has 0 saturated carbocycles. The summed E-state index contributed by atoms with van der Waals surface area (Å²) in [7, 11) is -1.29. The van der Waals surface area contributed by atoms with E-state index in [-0.39, 0.29) is 24.0 Å². The molecule has 0 aromatic carbocycles. The van der Waals surface area contributed by atoms with Gasteiger partial charge in [0.1, 0.15) is 5.82 Å². The average molecular weight is 544 g/mol. The molecule has 0 bridgehead atoms. The average Bonchev–Trinajstić information content (AvgIpc) is 3.32. The number of rotatable bonds is 5. The van der Waals surface area contributed by atoms with Crippen molar-refractivity contribution in [3.63, 3.8) is 0 Å². The molecule has 0 spiro atoms. The van der Waals surface area contributed by atoms with E-state index in [1.165, 1.54) is 17.8 Å². The maximum Gasteiger partial charge on any atom is 0.211 e. The lowest BCUT2D eigenvalue weighted by molar-refractivity contribution is 0.367. The van der Waals surface area contributed by atoms with Crippen molar-refractivity contribution in [1.29, 1.82) is 0 Å². The summed E-state index contributed by atoms with van der Waals surface area (Å²) in [4.78, 5) is 13.5. The van der Waals surface area contributed by atoms with Crippen molar-refractivity contribution in [3.8, 4) is 0 Å². The normalized spacial score (nSPS) is 21.7. The number of aromatic nitrogens is 2. The van der Waals surface area contributed by atoms with Crippen molar-refractivity contribution in [3.05, 3.63) is 5.82 Å². The Labute approximate surface area is 188 Å². The maximum absolute atomic E-state index is 11.6. The minimum atomic E-state index is -3.08. The van der Waals surface area contributed by atoms with Crippen molar-refractivity contribution in [2.75, 3.05) is 64.0 Å². The number of piperazine rings is 1. The Morgan fingerprint density at radius 2 is 2.00 bits per heavy atom. The van der Waals surface area contributed by atoms with E-state index in [0.717, 1.165) is 62.5 Å². The van der Waals surface area contributed by atoms with Crippen LogP contribution in [0.15, 0.2) is 4.99 Å². The Kier molecular flexibility index (Phi) is 8.70. The molecule has 3 heterocycles. The van der Waals surface area contributed by atoms with Crippen LogP contribution in [0.4, 0.5) is 5.13 Å². The minimum Gasteiger partial charge on any atom is -0.356 e. The highest BCUT2D eigenvalue weighted by Gasteiger charge is 2.29. The molecule has 9 nitrogen and oxygen atoms in total. The van der Waals surface area contributed by atoms with E-state index in [2.05, 4.69) is 36.4 Å². The van der Waals surface area contributed by atoms with Gasteiger partial charge in [0, 0.05) is 70.8 Å². The first-order valence-corrected chi connectivity index (χ1v) is 12.0. The molecule has 0 amide bonds. The zero-order chi connectivity index (χ0) is 19.4. The van der Waals surface area contributed by atoms with Crippen LogP contribution in [0, 0.1) is 5.92 Å². The Balaban J connectivity index is 0.00000280. The van der Waals surface area contributed by atoms with Crippen LogP contribution in [0.25, 0.3) is 0 Å². The summed E-state index contributed by atoms with van der Waals surface area (Å²) in [5.41, 5.74) is 0. The van der Waals surface area contributed by atoms with Gasteiger partial charge in [0.2, 0.25) is 15.2 Å². The van der Waals surface area contributed by atoms with Crippen molar-refractivity contribution in [2.45, 2.75) is 19.8 Å². The van der Waals surface area contributed by atoms with Gasteiger partial charge in [-0.2, -0.15) is 4.37 Å². The van der Waals surface area contributed by atoms with Crippen LogP contribution in [-0.4, -0.2) is 92.1 Å². The quantitative estimate of drug-likeness (QED) is 0.332. The van der Waals surface area contributed by atoms with Gasteiger partial charge in [-0.15, -0.1) is 24.0 Å².